The molecule has 72 valence electrons. The molecule has 1 rings (SSSR count). The molecule has 0 saturated heterocycles. The highest BCUT2D eigenvalue weighted by Gasteiger charge is 2.07. The Morgan fingerprint density at radius 2 is 2.23 bits per heavy atom. The molecule has 0 aromatic heterocycles. The number of hydrogen-bond acceptors (Lipinski definition) is 1. The molecule has 1 aromatic carbocycles. The van der Waals surface area contributed by atoms with Gasteiger partial charge in [-0.1, -0.05) is 24.6 Å². The Kier molecular flexibility index (Phi) is 3.70. The van der Waals surface area contributed by atoms with Gasteiger partial charge in [0.05, 0.1) is 11.6 Å². The van der Waals surface area contributed by atoms with Crippen LogP contribution in [0.4, 0.5) is 4.39 Å². The van der Waals surface area contributed by atoms with E-state index in [2.05, 4.69) is 0 Å². The van der Waals surface area contributed by atoms with Crippen LogP contribution >= 0.6 is 11.6 Å². The summed E-state index contributed by atoms with van der Waals surface area (Å²) in [5.41, 5.74) is 0.994. The number of halogens is 2. The first-order valence-corrected chi connectivity index (χ1v) is 4.47. The number of rotatable bonds is 3. The number of methoxy groups -OCH3 is 1. The predicted octanol–water partition coefficient (Wildman–Crippen LogP) is 3.23. The van der Waals surface area contributed by atoms with E-state index < -0.39 is 0 Å². The van der Waals surface area contributed by atoms with Gasteiger partial charge in [0.25, 0.3) is 0 Å². The lowest BCUT2D eigenvalue weighted by atomic mass is 10.0. The molecule has 0 fully saturated rings. The quantitative estimate of drug-likeness (QED) is 0.731. The monoisotopic (exact) mass is 202 g/mol. The van der Waals surface area contributed by atoms with Crippen LogP contribution in [0.3, 0.4) is 0 Å². The lowest BCUT2D eigenvalue weighted by Gasteiger charge is -2.10. The van der Waals surface area contributed by atoms with Crippen molar-refractivity contribution in [2.45, 2.75) is 12.8 Å². The predicted molar refractivity (Wildman–Crippen MR) is 51.7 cm³/mol. The van der Waals surface area contributed by atoms with Crippen molar-refractivity contribution in [1.29, 1.82) is 0 Å². The Bertz CT molecular complexity index is 288. The Hall–Kier alpha value is -0.600. The molecule has 1 aromatic rings. The van der Waals surface area contributed by atoms with Crippen molar-refractivity contribution in [3.8, 4) is 0 Å². The molecule has 13 heavy (non-hydrogen) atoms. The Labute approximate surface area is 82.5 Å². The maximum atomic E-state index is 12.8. The molecular formula is C10H12ClFO. The van der Waals surface area contributed by atoms with Gasteiger partial charge in [-0.15, -0.1) is 0 Å². The van der Waals surface area contributed by atoms with Crippen molar-refractivity contribution in [3.63, 3.8) is 0 Å². The molecule has 0 aliphatic heterocycles. The van der Waals surface area contributed by atoms with E-state index in [-0.39, 0.29) is 16.8 Å². The first-order chi connectivity index (χ1) is 6.15. The summed E-state index contributed by atoms with van der Waals surface area (Å²) >= 11 is 5.64. The fourth-order valence-electron chi connectivity index (χ4n) is 1.17. The molecule has 0 amide bonds. The average Bonchev–Trinajstić information content (AvgIpc) is 2.10. The molecule has 0 heterocycles. The van der Waals surface area contributed by atoms with Gasteiger partial charge in [0.2, 0.25) is 0 Å². The normalized spacial score (nSPS) is 12.9. The standard InChI is InChI=1S/C10H12ClFO/c1-7(6-13-2)8-3-4-10(12)9(11)5-8/h3-5,7H,6H2,1-2H3/t7-/m1/s1. The zero-order valence-corrected chi connectivity index (χ0v) is 8.44. The van der Waals surface area contributed by atoms with Gasteiger partial charge in [-0.3, -0.25) is 0 Å². The molecule has 0 radical (unpaired) electrons. The van der Waals surface area contributed by atoms with E-state index in [4.69, 9.17) is 16.3 Å². The largest absolute Gasteiger partial charge is 0.384 e. The minimum absolute atomic E-state index is 0.167. The van der Waals surface area contributed by atoms with E-state index in [9.17, 15) is 4.39 Å². The molecule has 0 aliphatic rings. The number of hydrogen-bond donors (Lipinski definition) is 0. The average molecular weight is 203 g/mol. The molecule has 0 N–H and O–H groups in total. The number of ether oxygens (including phenoxy) is 1. The van der Waals surface area contributed by atoms with Crippen molar-refractivity contribution < 1.29 is 9.13 Å². The van der Waals surface area contributed by atoms with Crippen molar-refractivity contribution in [2.75, 3.05) is 13.7 Å². The molecule has 0 saturated carbocycles. The van der Waals surface area contributed by atoms with Gasteiger partial charge < -0.3 is 4.74 Å². The topological polar surface area (TPSA) is 9.23 Å². The first-order valence-electron chi connectivity index (χ1n) is 4.09. The van der Waals surface area contributed by atoms with Crippen LogP contribution in [0.5, 0.6) is 0 Å². The highest BCUT2D eigenvalue weighted by Crippen LogP contribution is 2.21. The highest BCUT2D eigenvalue weighted by atomic mass is 35.5. The third-order valence-electron chi connectivity index (χ3n) is 1.93. The van der Waals surface area contributed by atoms with Gasteiger partial charge in [0.1, 0.15) is 5.82 Å². The van der Waals surface area contributed by atoms with E-state index in [1.54, 1.807) is 19.2 Å². The summed E-state index contributed by atoms with van der Waals surface area (Å²) in [6.07, 6.45) is 0. The van der Waals surface area contributed by atoms with Crippen LogP contribution in [0.25, 0.3) is 0 Å². The van der Waals surface area contributed by atoms with Crippen molar-refractivity contribution in [2.24, 2.45) is 0 Å². The van der Waals surface area contributed by atoms with Crippen LogP contribution in [-0.4, -0.2) is 13.7 Å². The SMILES string of the molecule is COC[C@@H](C)c1ccc(F)c(Cl)c1. The summed E-state index contributed by atoms with van der Waals surface area (Å²) in [5.74, 6) is -0.141. The van der Waals surface area contributed by atoms with Crippen LogP contribution in [0.15, 0.2) is 18.2 Å². The Morgan fingerprint density at radius 1 is 1.54 bits per heavy atom. The summed E-state index contributed by atoms with van der Waals surface area (Å²) in [6, 6.07) is 4.75. The van der Waals surface area contributed by atoms with E-state index in [1.807, 2.05) is 6.92 Å². The maximum absolute atomic E-state index is 12.8. The summed E-state index contributed by atoms with van der Waals surface area (Å²) in [4.78, 5) is 0. The highest BCUT2D eigenvalue weighted by molar-refractivity contribution is 6.30. The Balaban J connectivity index is 2.84. The number of benzene rings is 1. The van der Waals surface area contributed by atoms with Crippen LogP contribution in [0, 0.1) is 5.82 Å². The zero-order chi connectivity index (χ0) is 9.84. The fraction of sp³-hybridized carbons (Fsp3) is 0.400. The van der Waals surface area contributed by atoms with E-state index in [1.165, 1.54) is 6.07 Å². The molecule has 1 nitrogen and oxygen atoms in total. The molecule has 1 atom stereocenters. The van der Waals surface area contributed by atoms with E-state index in [0.717, 1.165) is 5.56 Å². The summed E-state index contributed by atoms with van der Waals surface area (Å²) in [5, 5.41) is 0.167. The molecule has 3 heteroatoms. The second-order valence-electron chi connectivity index (χ2n) is 3.03. The minimum atomic E-state index is -0.380. The Morgan fingerprint density at radius 3 is 2.77 bits per heavy atom. The summed E-state index contributed by atoms with van der Waals surface area (Å²) < 4.78 is 17.8. The molecule has 0 bridgehead atoms. The first kappa shape index (κ1) is 10.5. The van der Waals surface area contributed by atoms with Gasteiger partial charge in [0, 0.05) is 13.0 Å². The van der Waals surface area contributed by atoms with Crippen molar-refractivity contribution >= 4 is 11.6 Å². The van der Waals surface area contributed by atoms with Crippen molar-refractivity contribution in [1.82, 2.24) is 0 Å². The van der Waals surface area contributed by atoms with Crippen molar-refractivity contribution in [3.05, 3.63) is 34.6 Å². The van der Waals surface area contributed by atoms with Gasteiger partial charge in [-0.2, -0.15) is 0 Å². The summed E-state index contributed by atoms with van der Waals surface area (Å²) in [7, 11) is 1.64. The lowest BCUT2D eigenvalue weighted by molar-refractivity contribution is 0.184. The molecule has 0 spiro atoms. The van der Waals surface area contributed by atoms with E-state index in [0.29, 0.717) is 6.61 Å². The van der Waals surface area contributed by atoms with E-state index >= 15 is 0 Å². The van der Waals surface area contributed by atoms with Crippen LogP contribution in [0.2, 0.25) is 5.02 Å². The van der Waals surface area contributed by atoms with Gasteiger partial charge in [-0.25, -0.2) is 4.39 Å². The molecule has 0 aliphatic carbocycles. The van der Waals surface area contributed by atoms with Gasteiger partial charge >= 0.3 is 0 Å². The van der Waals surface area contributed by atoms with Crippen LogP contribution in [0.1, 0.15) is 18.4 Å². The molecule has 0 unspecified atom stereocenters. The zero-order valence-electron chi connectivity index (χ0n) is 7.68. The second-order valence-corrected chi connectivity index (χ2v) is 3.44. The maximum Gasteiger partial charge on any atom is 0.141 e. The van der Waals surface area contributed by atoms with Crippen LogP contribution in [-0.2, 0) is 4.74 Å². The fourth-order valence-corrected chi connectivity index (χ4v) is 1.35. The minimum Gasteiger partial charge on any atom is -0.384 e. The third-order valence-corrected chi connectivity index (χ3v) is 2.22. The lowest BCUT2D eigenvalue weighted by Crippen LogP contribution is -2.01. The molecular weight excluding hydrogens is 191 g/mol. The summed E-state index contributed by atoms with van der Waals surface area (Å²) in [6.45, 7) is 2.62. The third kappa shape index (κ3) is 2.68. The second kappa shape index (κ2) is 4.58. The van der Waals surface area contributed by atoms with Crippen LogP contribution < -0.4 is 0 Å². The van der Waals surface area contributed by atoms with Gasteiger partial charge in [-0.05, 0) is 17.7 Å². The van der Waals surface area contributed by atoms with Gasteiger partial charge in [0.15, 0.2) is 0 Å². The smallest absolute Gasteiger partial charge is 0.141 e.